The van der Waals surface area contributed by atoms with Crippen LogP contribution in [0.5, 0.6) is 17.2 Å². The van der Waals surface area contributed by atoms with Crippen LogP contribution in [-0.2, 0) is 4.79 Å². The highest BCUT2D eigenvalue weighted by Crippen LogP contribution is 2.28. The van der Waals surface area contributed by atoms with Crippen LogP contribution in [0.2, 0.25) is 0 Å². The number of methoxy groups -OCH3 is 2. The van der Waals surface area contributed by atoms with Gasteiger partial charge in [0.05, 0.1) is 26.5 Å². The number of anilines is 1. The highest BCUT2D eigenvalue weighted by atomic mass is 16.5. The summed E-state index contributed by atoms with van der Waals surface area (Å²) in [6.45, 7) is 2.76. The topological polar surface area (TPSA) is 56.8 Å². The Balaban J connectivity index is 2.01. The first kappa shape index (κ1) is 18.4. The van der Waals surface area contributed by atoms with Crippen molar-refractivity contribution < 1.29 is 19.0 Å². The van der Waals surface area contributed by atoms with Crippen LogP contribution in [0.25, 0.3) is 6.08 Å². The van der Waals surface area contributed by atoms with Gasteiger partial charge in [-0.3, -0.25) is 4.79 Å². The maximum absolute atomic E-state index is 12.1. The molecule has 2 rings (SSSR count). The zero-order chi connectivity index (χ0) is 18.1. The molecule has 2 aromatic rings. The Morgan fingerprint density at radius 3 is 2.40 bits per heavy atom. The fourth-order valence-corrected chi connectivity index (χ4v) is 2.15. The Morgan fingerprint density at radius 1 is 1.04 bits per heavy atom. The van der Waals surface area contributed by atoms with Crippen LogP contribution in [0.3, 0.4) is 0 Å². The molecule has 0 aliphatic heterocycles. The van der Waals surface area contributed by atoms with Crippen molar-refractivity contribution in [2.45, 2.75) is 13.3 Å². The number of hydrogen-bond donors (Lipinski definition) is 1. The van der Waals surface area contributed by atoms with E-state index in [1.807, 2.05) is 24.3 Å². The summed E-state index contributed by atoms with van der Waals surface area (Å²) in [6.07, 6.45) is 4.18. The zero-order valence-corrected chi connectivity index (χ0v) is 14.7. The third-order valence-electron chi connectivity index (χ3n) is 3.44. The summed E-state index contributed by atoms with van der Waals surface area (Å²) in [5.74, 6) is 1.78. The van der Waals surface area contributed by atoms with Gasteiger partial charge in [-0.05, 0) is 42.3 Å². The van der Waals surface area contributed by atoms with E-state index in [2.05, 4.69) is 12.2 Å². The minimum atomic E-state index is -0.252. The van der Waals surface area contributed by atoms with Gasteiger partial charge in [-0.15, -0.1) is 0 Å². The lowest BCUT2D eigenvalue weighted by molar-refractivity contribution is -0.111. The van der Waals surface area contributed by atoms with E-state index in [4.69, 9.17) is 14.2 Å². The number of carbonyl (C=O) groups excluding carboxylic acids is 1. The second-order valence-electron chi connectivity index (χ2n) is 5.31. The average molecular weight is 341 g/mol. The fourth-order valence-electron chi connectivity index (χ4n) is 2.15. The molecule has 1 amide bonds. The van der Waals surface area contributed by atoms with Gasteiger partial charge in [-0.1, -0.05) is 19.1 Å². The van der Waals surface area contributed by atoms with Crippen LogP contribution >= 0.6 is 0 Å². The van der Waals surface area contributed by atoms with Crippen molar-refractivity contribution in [3.8, 4) is 17.2 Å². The standard InChI is InChI=1S/C20H23NO4/c1-4-13-25-16-8-5-15(6-9-16)7-12-20(22)21-18-14-17(23-2)10-11-19(18)24-3/h5-12,14H,4,13H2,1-3H3,(H,21,22). The molecule has 0 saturated carbocycles. The summed E-state index contributed by atoms with van der Waals surface area (Å²) in [5.41, 5.74) is 1.47. The van der Waals surface area contributed by atoms with Gasteiger partial charge >= 0.3 is 0 Å². The first-order valence-corrected chi connectivity index (χ1v) is 8.10. The molecule has 2 aromatic carbocycles. The molecule has 0 aliphatic rings. The molecule has 5 nitrogen and oxygen atoms in total. The van der Waals surface area contributed by atoms with Crippen LogP contribution < -0.4 is 19.5 Å². The minimum absolute atomic E-state index is 0.252. The maximum Gasteiger partial charge on any atom is 0.248 e. The molecule has 5 heteroatoms. The molecule has 132 valence electrons. The molecule has 0 saturated heterocycles. The molecule has 0 aliphatic carbocycles. The quantitative estimate of drug-likeness (QED) is 0.733. The van der Waals surface area contributed by atoms with Crippen molar-refractivity contribution in [2.75, 3.05) is 26.1 Å². The van der Waals surface area contributed by atoms with E-state index in [1.54, 1.807) is 38.5 Å². The number of rotatable bonds is 8. The Morgan fingerprint density at radius 2 is 1.76 bits per heavy atom. The van der Waals surface area contributed by atoms with Crippen molar-refractivity contribution in [2.24, 2.45) is 0 Å². The number of ether oxygens (including phenoxy) is 3. The van der Waals surface area contributed by atoms with Gasteiger partial charge < -0.3 is 19.5 Å². The summed E-state index contributed by atoms with van der Waals surface area (Å²) < 4.78 is 15.9. The lowest BCUT2D eigenvalue weighted by Gasteiger charge is -2.10. The van der Waals surface area contributed by atoms with Crippen molar-refractivity contribution in [1.29, 1.82) is 0 Å². The van der Waals surface area contributed by atoms with Gasteiger partial charge in [0.2, 0.25) is 5.91 Å². The van der Waals surface area contributed by atoms with Gasteiger partial charge in [0, 0.05) is 12.1 Å². The third-order valence-corrected chi connectivity index (χ3v) is 3.44. The normalized spacial score (nSPS) is 10.5. The Labute approximate surface area is 148 Å². The van der Waals surface area contributed by atoms with Crippen molar-refractivity contribution in [3.05, 3.63) is 54.1 Å². The number of nitrogens with one attached hydrogen (secondary N) is 1. The average Bonchev–Trinajstić information content (AvgIpc) is 2.65. The molecule has 0 atom stereocenters. The van der Waals surface area contributed by atoms with E-state index in [0.717, 1.165) is 17.7 Å². The minimum Gasteiger partial charge on any atom is -0.497 e. The molecule has 0 bridgehead atoms. The fraction of sp³-hybridized carbons (Fsp3) is 0.250. The predicted molar refractivity (Wildman–Crippen MR) is 99.4 cm³/mol. The summed E-state index contributed by atoms with van der Waals surface area (Å²) >= 11 is 0. The number of amides is 1. The van der Waals surface area contributed by atoms with Crippen molar-refractivity contribution >= 4 is 17.7 Å². The molecule has 1 N–H and O–H groups in total. The largest absolute Gasteiger partial charge is 0.497 e. The number of carbonyl (C=O) groups is 1. The summed E-state index contributed by atoms with van der Waals surface area (Å²) in [6, 6.07) is 12.8. The van der Waals surface area contributed by atoms with Gasteiger partial charge in [0.25, 0.3) is 0 Å². The first-order valence-electron chi connectivity index (χ1n) is 8.10. The predicted octanol–water partition coefficient (Wildman–Crippen LogP) is 4.14. The molecule has 0 radical (unpaired) electrons. The lowest BCUT2D eigenvalue weighted by Crippen LogP contribution is -2.09. The van der Waals surface area contributed by atoms with E-state index in [1.165, 1.54) is 6.08 Å². The third kappa shape index (κ3) is 5.57. The molecule has 0 heterocycles. The monoisotopic (exact) mass is 341 g/mol. The molecule has 0 unspecified atom stereocenters. The second-order valence-corrected chi connectivity index (χ2v) is 5.31. The van der Waals surface area contributed by atoms with Gasteiger partial charge in [0.15, 0.2) is 0 Å². The van der Waals surface area contributed by atoms with E-state index < -0.39 is 0 Å². The van der Waals surface area contributed by atoms with Crippen molar-refractivity contribution in [1.82, 2.24) is 0 Å². The smallest absolute Gasteiger partial charge is 0.248 e. The summed E-state index contributed by atoms with van der Waals surface area (Å²) in [7, 11) is 3.12. The molecule has 25 heavy (non-hydrogen) atoms. The molecule has 0 spiro atoms. The first-order chi connectivity index (χ1) is 12.2. The maximum atomic E-state index is 12.1. The Bertz CT molecular complexity index is 723. The number of hydrogen-bond acceptors (Lipinski definition) is 4. The molecular formula is C20H23NO4. The van der Waals surface area contributed by atoms with Crippen LogP contribution in [-0.4, -0.2) is 26.7 Å². The molecule has 0 aromatic heterocycles. The van der Waals surface area contributed by atoms with Gasteiger partial charge in [0.1, 0.15) is 17.2 Å². The lowest BCUT2D eigenvalue weighted by atomic mass is 10.2. The highest BCUT2D eigenvalue weighted by molar-refractivity contribution is 6.02. The summed E-state index contributed by atoms with van der Waals surface area (Å²) in [4.78, 5) is 12.1. The highest BCUT2D eigenvalue weighted by Gasteiger charge is 2.07. The Kier molecular flexibility index (Phi) is 6.89. The SMILES string of the molecule is CCCOc1ccc(C=CC(=O)Nc2cc(OC)ccc2OC)cc1. The van der Waals surface area contributed by atoms with Crippen LogP contribution in [0.4, 0.5) is 5.69 Å². The zero-order valence-electron chi connectivity index (χ0n) is 14.7. The van der Waals surface area contributed by atoms with Crippen LogP contribution in [0.1, 0.15) is 18.9 Å². The summed E-state index contributed by atoms with van der Waals surface area (Å²) in [5, 5.41) is 2.79. The van der Waals surface area contributed by atoms with Crippen molar-refractivity contribution in [3.63, 3.8) is 0 Å². The number of benzene rings is 2. The van der Waals surface area contributed by atoms with E-state index >= 15 is 0 Å². The molecular weight excluding hydrogens is 318 g/mol. The van der Waals surface area contributed by atoms with Crippen LogP contribution in [0.15, 0.2) is 48.5 Å². The van der Waals surface area contributed by atoms with Gasteiger partial charge in [-0.25, -0.2) is 0 Å². The van der Waals surface area contributed by atoms with E-state index in [-0.39, 0.29) is 5.91 Å². The van der Waals surface area contributed by atoms with Gasteiger partial charge in [-0.2, -0.15) is 0 Å². The van der Waals surface area contributed by atoms with E-state index in [9.17, 15) is 4.79 Å². The van der Waals surface area contributed by atoms with Crippen LogP contribution in [0, 0.1) is 0 Å². The Hall–Kier alpha value is -2.95. The molecule has 0 fully saturated rings. The van der Waals surface area contributed by atoms with E-state index in [0.29, 0.717) is 23.8 Å². The second kappa shape index (κ2) is 9.37.